The molecule has 0 amide bonds. The highest BCUT2D eigenvalue weighted by molar-refractivity contribution is 4.93. The number of rotatable bonds is 2. The van der Waals surface area contributed by atoms with Gasteiger partial charge in [0.1, 0.15) is 18.3 Å². The van der Waals surface area contributed by atoms with E-state index in [1.165, 1.54) is 0 Å². The first kappa shape index (κ1) is 11.3. The molecule has 2 aliphatic rings. The van der Waals surface area contributed by atoms with E-state index in [4.69, 9.17) is 14.2 Å². The minimum Gasteiger partial charge on any atom is -0.387 e. The zero-order valence-electron chi connectivity index (χ0n) is 9.64. The maximum absolute atomic E-state index is 9.98. The number of aliphatic hydroxyl groups is 1. The monoisotopic (exact) mass is 217 g/mol. The number of ether oxygens (including phenoxy) is 3. The van der Waals surface area contributed by atoms with Gasteiger partial charge in [0.2, 0.25) is 0 Å². The van der Waals surface area contributed by atoms with Gasteiger partial charge in [-0.2, -0.15) is 0 Å². The highest BCUT2D eigenvalue weighted by Crippen LogP contribution is 2.37. The predicted octanol–water partition coefficient (Wildman–Crippen LogP) is -0.215. The lowest BCUT2D eigenvalue weighted by Crippen LogP contribution is -2.39. The zero-order chi connectivity index (χ0) is 11.2. The van der Waals surface area contributed by atoms with Crippen LogP contribution in [-0.4, -0.2) is 61.0 Å². The van der Waals surface area contributed by atoms with Crippen molar-refractivity contribution in [3.63, 3.8) is 0 Å². The molecule has 5 nitrogen and oxygen atoms in total. The van der Waals surface area contributed by atoms with Gasteiger partial charge in [-0.15, -0.1) is 0 Å². The molecule has 2 aliphatic heterocycles. The molecule has 5 heteroatoms. The molecule has 2 fully saturated rings. The Bertz CT molecular complexity index is 244. The molecule has 2 unspecified atom stereocenters. The Kier molecular flexibility index (Phi) is 2.77. The van der Waals surface area contributed by atoms with E-state index in [0.717, 1.165) is 0 Å². The van der Waals surface area contributed by atoms with E-state index < -0.39 is 18.2 Å². The lowest BCUT2D eigenvalue weighted by atomic mass is 10.1. The second kappa shape index (κ2) is 3.68. The average Bonchev–Trinajstić information content (AvgIpc) is 2.48. The zero-order valence-corrected chi connectivity index (χ0v) is 9.64. The molecular weight excluding hydrogens is 198 g/mol. The Morgan fingerprint density at radius 2 is 1.93 bits per heavy atom. The van der Waals surface area contributed by atoms with Gasteiger partial charge in [0.05, 0.1) is 0 Å². The summed E-state index contributed by atoms with van der Waals surface area (Å²) in [7, 11) is 3.88. The van der Waals surface area contributed by atoms with Crippen molar-refractivity contribution in [3.8, 4) is 0 Å². The predicted molar refractivity (Wildman–Crippen MR) is 53.3 cm³/mol. The van der Waals surface area contributed by atoms with Crippen LogP contribution in [0.1, 0.15) is 13.8 Å². The molecule has 2 rings (SSSR count). The van der Waals surface area contributed by atoms with E-state index in [1.54, 1.807) is 0 Å². The van der Waals surface area contributed by atoms with Crippen LogP contribution < -0.4 is 0 Å². The van der Waals surface area contributed by atoms with E-state index in [9.17, 15) is 5.11 Å². The molecule has 0 aromatic heterocycles. The van der Waals surface area contributed by atoms with Gasteiger partial charge in [-0.05, 0) is 27.9 Å². The molecule has 0 aromatic rings. The van der Waals surface area contributed by atoms with Crippen molar-refractivity contribution in [1.29, 1.82) is 0 Å². The summed E-state index contributed by atoms with van der Waals surface area (Å²) in [5.74, 6) is -0.653. The van der Waals surface area contributed by atoms with Crippen LogP contribution in [0.3, 0.4) is 0 Å². The molecule has 0 spiro atoms. The summed E-state index contributed by atoms with van der Waals surface area (Å²) in [6.07, 6.45) is -1.63. The van der Waals surface area contributed by atoms with Gasteiger partial charge in [-0.3, -0.25) is 0 Å². The van der Waals surface area contributed by atoms with Crippen LogP contribution in [0, 0.1) is 0 Å². The molecule has 15 heavy (non-hydrogen) atoms. The molecule has 0 saturated carbocycles. The molecule has 0 aliphatic carbocycles. The molecule has 1 N–H and O–H groups in total. The Hall–Kier alpha value is -0.200. The third kappa shape index (κ3) is 2.16. The largest absolute Gasteiger partial charge is 0.387 e. The molecular formula is C10H19NO4. The molecule has 0 radical (unpaired) electrons. The fourth-order valence-electron chi connectivity index (χ4n) is 2.07. The average molecular weight is 217 g/mol. The van der Waals surface area contributed by atoms with Crippen molar-refractivity contribution in [2.24, 2.45) is 0 Å². The Labute approximate surface area is 89.9 Å². The van der Waals surface area contributed by atoms with Crippen molar-refractivity contribution < 1.29 is 19.3 Å². The first-order valence-corrected chi connectivity index (χ1v) is 5.23. The van der Waals surface area contributed by atoms with Gasteiger partial charge in [-0.1, -0.05) is 0 Å². The van der Waals surface area contributed by atoms with Crippen molar-refractivity contribution in [2.45, 2.75) is 44.2 Å². The number of fused-ring (bicyclic) bond motifs is 1. The number of likely N-dealkylation sites (N-methyl/N-ethyl adjacent to an activating group) is 1. The second-order valence-electron chi connectivity index (χ2n) is 4.90. The summed E-state index contributed by atoms with van der Waals surface area (Å²) in [6.45, 7) is 4.31. The fraction of sp³-hybridized carbons (Fsp3) is 1.00. The second-order valence-corrected chi connectivity index (χ2v) is 4.90. The van der Waals surface area contributed by atoms with Crippen LogP contribution in [0.4, 0.5) is 0 Å². The van der Waals surface area contributed by atoms with Gasteiger partial charge in [0, 0.05) is 6.54 Å². The fourth-order valence-corrected chi connectivity index (χ4v) is 2.07. The van der Waals surface area contributed by atoms with Crippen LogP contribution in [0.25, 0.3) is 0 Å². The summed E-state index contributed by atoms with van der Waals surface area (Å²) < 4.78 is 16.7. The minimum absolute atomic E-state index is 0.230. The van der Waals surface area contributed by atoms with Crippen molar-refractivity contribution in [3.05, 3.63) is 0 Å². The third-order valence-corrected chi connectivity index (χ3v) is 2.66. The van der Waals surface area contributed by atoms with Gasteiger partial charge in [-0.25, -0.2) is 0 Å². The highest BCUT2D eigenvalue weighted by Gasteiger charge is 2.54. The first-order chi connectivity index (χ1) is 6.89. The van der Waals surface area contributed by atoms with E-state index in [2.05, 4.69) is 0 Å². The smallest absolute Gasteiger partial charge is 0.190 e. The van der Waals surface area contributed by atoms with Crippen LogP contribution in [0.15, 0.2) is 0 Å². The lowest BCUT2D eigenvalue weighted by molar-refractivity contribution is -0.215. The number of aliphatic hydroxyl groups excluding tert-OH is 1. The third-order valence-electron chi connectivity index (χ3n) is 2.66. The number of hydrogen-bond acceptors (Lipinski definition) is 5. The Balaban J connectivity index is 1.99. The molecule has 4 atom stereocenters. The quantitative estimate of drug-likeness (QED) is 0.693. The maximum atomic E-state index is 9.98. The molecule has 0 aromatic carbocycles. The lowest BCUT2D eigenvalue weighted by Gasteiger charge is -2.24. The molecule has 2 heterocycles. The summed E-state index contributed by atoms with van der Waals surface area (Å²) in [5, 5.41) is 9.98. The van der Waals surface area contributed by atoms with Gasteiger partial charge in [0.15, 0.2) is 12.1 Å². The topological polar surface area (TPSA) is 51.2 Å². The van der Waals surface area contributed by atoms with E-state index in [1.807, 2.05) is 32.8 Å². The summed E-state index contributed by atoms with van der Waals surface area (Å²) in [4.78, 5) is 1.97. The van der Waals surface area contributed by atoms with E-state index >= 15 is 0 Å². The highest BCUT2D eigenvalue weighted by atomic mass is 16.8. The van der Waals surface area contributed by atoms with Crippen molar-refractivity contribution >= 4 is 0 Å². The SMILES string of the molecule is CN(C)C[C@H]1O[C@@H]2OC(C)(C)OC2C1O. The van der Waals surface area contributed by atoms with Gasteiger partial charge < -0.3 is 24.2 Å². The summed E-state index contributed by atoms with van der Waals surface area (Å²) >= 11 is 0. The standard InChI is InChI=1S/C10H19NO4/c1-10(2)14-8-7(12)6(5-11(3)4)13-9(8)15-10/h6-9,12H,5H2,1-4H3/t6-,7?,8?,9-/m1/s1. The van der Waals surface area contributed by atoms with Gasteiger partial charge >= 0.3 is 0 Å². The Morgan fingerprint density at radius 3 is 2.47 bits per heavy atom. The normalized spacial score (nSPS) is 43.6. The van der Waals surface area contributed by atoms with Crippen LogP contribution in [0.2, 0.25) is 0 Å². The summed E-state index contributed by atoms with van der Waals surface area (Å²) in [5.41, 5.74) is 0. The van der Waals surface area contributed by atoms with E-state index in [-0.39, 0.29) is 12.2 Å². The van der Waals surface area contributed by atoms with Gasteiger partial charge in [0.25, 0.3) is 0 Å². The molecule has 0 bridgehead atoms. The number of nitrogens with zero attached hydrogens (tertiary/aromatic N) is 1. The molecule has 2 saturated heterocycles. The van der Waals surface area contributed by atoms with Crippen molar-refractivity contribution in [2.75, 3.05) is 20.6 Å². The van der Waals surface area contributed by atoms with Crippen LogP contribution in [0.5, 0.6) is 0 Å². The number of hydrogen-bond donors (Lipinski definition) is 1. The van der Waals surface area contributed by atoms with Crippen LogP contribution in [-0.2, 0) is 14.2 Å². The Morgan fingerprint density at radius 1 is 1.27 bits per heavy atom. The first-order valence-electron chi connectivity index (χ1n) is 5.23. The maximum Gasteiger partial charge on any atom is 0.190 e. The van der Waals surface area contributed by atoms with E-state index in [0.29, 0.717) is 6.54 Å². The summed E-state index contributed by atoms with van der Waals surface area (Å²) in [6, 6.07) is 0. The van der Waals surface area contributed by atoms with Crippen molar-refractivity contribution in [1.82, 2.24) is 4.90 Å². The molecule has 88 valence electrons. The van der Waals surface area contributed by atoms with Crippen LogP contribution >= 0.6 is 0 Å². The minimum atomic E-state index is -0.653.